The molecular weight excluding hydrogens is 360 g/mol. The van der Waals surface area contributed by atoms with Crippen molar-refractivity contribution in [3.05, 3.63) is 57.0 Å². The number of allylic oxidation sites excluding steroid dienone is 2. The number of nitrogens with zero attached hydrogens (tertiary/aromatic N) is 2. The van der Waals surface area contributed by atoms with Crippen LogP contribution < -0.4 is 15.8 Å². The summed E-state index contributed by atoms with van der Waals surface area (Å²) in [5.41, 5.74) is 3.97. The number of fused-ring (bicyclic) bond motifs is 1. The molecule has 6 nitrogen and oxygen atoms in total. The van der Waals surface area contributed by atoms with Crippen molar-refractivity contribution in [2.75, 3.05) is 30.6 Å². The molecule has 27 heavy (non-hydrogen) atoms. The summed E-state index contributed by atoms with van der Waals surface area (Å²) in [6.07, 6.45) is 4.02. The third-order valence-electron chi connectivity index (χ3n) is 5.17. The largest absolute Gasteiger partial charge is 0.378 e. The molecule has 0 saturated heterocycles. The number of thioether (sulfide) groups is 1. The van der Waals surface area contributed by atoms with Crippen LogP contribution >= 0.6 is 11.8 Å². The summed E-state index contributed by atoms with van der Waals surface area (Å²) < 4.78 is 0. The standard InChI is InChI=1S/C20H22N4O2S/c1-24(2)12-9-7-11(8-10-12)15-16-13(5-4-6-14(16)25)21-18-17(15)19(26)23-20(22-18)27-3/h7-10,15H,4-6H2,1-3H3,(H2,21,22,23,26)/t15-/m1/s1. The van der Waals surface area contributed by atoms with Gasteiger partial charge in [0.15, 0.2) is 10.9 Å². The maximum Gasteiger partial charge on any atom is 0.257 e. The van der Waals surface area contributed by atoms with E-state index in [4.69, 9.17) is 0 Å². The zero-order chi connectivity index (χ0) is 19.1. The quantitative estimate of drug-likeness (QED) is 0.627. The molecule has 0 fully saturated rings. The number of aromatic nitrogens is 2. The van der Waals surface area contributed by atoms with Crippen molar-refractivity contribution in [1.29, 1.82) is 0 Å². The highest BCUT2D eigenvalue weighted by Crippen LogP contribution is 2.43. The average Bonchev–Trinajstić information content (AvgIpc) is 2.66. The van der Waals surface area contributed by atoms with Gasteiger partial charge in [0.1, 0.15) is 5.82 Å². The van der Waals surface area contributed by atoms with Crippen LogP contribution in [-0.2, 0) is 4.79 Å². The lowest BCUT2D eigenvalue weighted by Crippen LogP contribution is -2.32. The van der Waals surface area contributed by atoms with Crippen molar-refractivity contribution in [3.8, 4) is 0 Å². The first-order valence-electron chi connectivity index (χ1n) is 8.98. The monoisotopic (exact) mass is 382 g/mol. The fourth-order valence-electron chi connectivity index (χ4n) is 3.84. The Kier molecular flexibility index (Phi) is 4.55. The molecule has 0 amide bonds. The molecule has 0 spiro atoms. The normalized spacial score (nSPS) is 18.6. The van der Waals surface area contributed by atoms with Crippen molar-refractivity contribution in [2.45, 2.75) is 30.3 Å². The maximum absolute atomic E-state index is 12.9. The smallest absolute Gasteiger partial charge is 0.257 e. The zero-order valence-corrected chi connectivity index (χ0v) is 16.4. The summed E-state index contributed by atoms with van der Waals surface area (Å²) in [5.74, 6) is 0.301. The first-order valence-corrected chi connectivity index (χ1v) is 10.2. The molecule has 1 aromatic carbocycles. The highest BCUT2D eigenvalue weighted by molar-refractivity contribution is 7.98. The number of benzene rings is 1. The van der Waals surface area contributed by atoms with Gasteiger partial charge in [0.05, 0.1) is 5.56 Å². The molecule has 0 unspecified atom stereocenters. The Bertz CT molecular complexity index is 992. The molecule has 2 heterocycles. The molecule has 2 aromatic rings. The Balaban J connectivity index is 1.92. The van der Waals surface area contributed by atoms with Crippen LogP contribution in [0.25, 0.3) is 0 Å². The van der Waals surface area contributed by atoms with E-state index in [0.717, 1.165) is 35.4 Å². The molecule has 1 aliphatic heterocycles. The molecular formula is C20H22N4O2S. The third-order valence-corrected chi connectivity index (χ3v) is 5.75. The second-order valence-electron chi connectivity index (χ2n) is 7.05. The van der Waals surface area contributed by atoms with Crippen molar-refractivity contribution < 1.29 is 4.79 Å². The maximum atomic E-state index is 12.9. The van der Waals surface area contributed by atoms with E-state index in [-0.39, 0.29) is 17.3 Å². The van der Waals surface area contributed by atoms with Gasteiger partial charge in [-0.25, -0.2) is 4.98 Å². The highest BCUT2D eigenvalue weighted by atomic mass is 32.2. The Morgan fingerprint density at radius 2 is 1.89 bits per heavy atom. The van der Waals surface area contributed by atoms with Crippen molar-refractivity contribution in [2.24, 2.45) is 0 Å². The number of anilines is 2. The van der Waals surface area contributed by atoms with Crippen LogP contribution in [0.15, 0.2) is 45.5 Å². The first-order chi connectivity index (χ1) is 13.0. The predicted octanol–water partition coefficient (Wildman–Crippen LogP) is 3.12. The minimum atomic E-state index is -0.382. The second kappa shape index (κ2) is 6.88. The Morgan fingerprint density at radius 3 is 2.56 bits per heavy atom. The topological polar surface area (TPSA) is 78.1 Å². The number of carbonyl (C=O) groups excluding carboxylic acids is 1. The number of aromatic amines is 1. The zero-order valence-electron chi connectivity index (χ0n) is 15.6. The summed E-state index contributed by atoms with van der Waals surface area (Å²) >= 11 is 1.39. The molecule has 4 rings (SSSR count). The van der Waals surface area contributed by atoms with Gasteiger partial charge in [0.2, 0.25) is 0 Å². The lowest BCUT2D eigenvalue weighted by molar-refractivity contribution is -0.116. The van der Waals surface area contributed by atoms with Gasteiger partial charge in [0.25, 0.3) is 5.56 Å². The first kappa shape index (κ1) is 17.9. The molecule has 7 heteroatoms. The molecule has 1 atom stereocenters. The lowest BCUT2D eigenvalue weighted by atomic mass is 9.76. The summed E-state index contributed by atoms with van der Waals surface area (Å²) in [4.78, 5) is 35.1. The molecule has 2 N–H and O–H groups in total. The predicted molar refractivity (Wildman–Crippen MR) is 109 cm³/mol. The summed E-state index contributed by atoms with van der Waals surface area (Å²) in [7, 11) is 3.97. The number of hydrogen-bond acceptors (Lipinski definition) is 6. The van der Waals surface area contributed by atoms with Crippen molar-refractivity contribution in [1.82, 2.24) is 9.97 Å². The van der Waals surface area contributed by atoms with Crippen LogP contribution in [0.3, 0.4) is 0 Å². The second-order valence-corrected chi connectivity index (χ2v) is 7.85. The Morgan fingerprint density at radius 1 is 1.15 bits per heavy atom. The van der Waals surface area contributed by atoms with E-state index < -0.39 is 0 Å². The van der Waals surface area contributed by atoms with Crippen LogP contribution in [0.5, 0.6) is 0 Å². The van der Waals surface area contributed by atoms with Gasteiger partial charge in [-0.15, -0.1) is 0 Å². The average molecular weight is 382 g/mol. The molecule has 0 saturated carbocycles. The van der Waals surface area contributed by atoms with E-state index in [0.29, 0.717) is 23.0 Å². The Labute approximate surface area is 162 Å². The van der Waals surface area contributed by atoms with Crippen LogP contribution in [0.2, 0.25) is 0 Å². The minimum absolute atomic E-state index is 0.115. The van der Waals surface area contributed by atoms with Crippen LogP contribution in [-0.4, -0.2) is 36.1 Å². The van der Waals surface area contributed by atoms with Crippen LogP contribution in [0.1, 0.15) is 36.3 Å². The lowest BCUT2D eigenvalue weighted by Gasteiger charge is -2.33. The van der Waals surface area contributed by atoms with E-state index in [1.54, 1.807) is 0 Å². The van der Waals surface area contributed by atoms with Gasteiger partial charge in [-0.2, -0.15) is 0 Å². The van der Waals surface area contributed by atoms with E-state index >= 15 is 0 Å². The van der Waals surface area contributed by atoms with Crippen LogP contribution in [0, 0.1) is 0 Å². The van der Waals surface area contributed by atoms with Gasteiger partial charge >= 0.3 is 0 Å². The number of carbonyl (C=O) groups is 1. The third kappa shape index (κ3) is 3.06. The molecule has 1 aliphatic carbocycles. The van der Waals surface area contributed by atoms with Gasteiger partial charge in [-0.05, 0) is 36.8 Å². The van der Waals surface area contributed by atoms with E-state index in [1.807, 2.05) is 49.5 Å². The molecule has 0 radical (unpaired) electrons. The van der Waals surface area contributed by atoms with Crippen molar-refractivity contribution in [3.63, 3.8) is 0 Å². The summed E-state index contributed by atoms with van der Waals surface area (Å²) in [6, 6.07) is 8.04. The molecule has 2 aliphatic rings. The van der Waals surface area contributed by atoms with E-state index in [1.165, 1.54) is 11.8 Å². The fourth-order valence-corrected chi connectivity index (χ4v) is 4.21. The number of nitrogens with one attached hydrogen (secondary N) is 2. The molecule has 140 valence electrons. The van der Waals surface area contributed by atoms with Gasteiger partial charge in [-0.3, -0.25) is 9.59 Å². The minimum Gasteiger partial charge on any atom is -0.378 e. The van der Waals surface area contributed by atoms with Gasteiger partial charge < -0.3 is 15.2 Å². The SMILES string of the molecule is CSc1nc2c(c(=O)[nH]1)[C@H](c1ccc(N(C)C)cc1)C1=C(CCCC1=O)N2. The number of ketones is 1. The van der Waals surface area contributed by atoms with Gasteiger partial charge in [-0.1, -0.05) is 23.9 Å². The fraction of sp³-hybridized carbons (Fsp3) is 0.350. The van der Waals surface area contributed by atoms with Gasteiger partial charge in [0, 0.05) is 43.4 Å². The van der Waals surface area contributed by atoms with E-state index in [2.05, 4.69) is 15.3 Å². The summed E-state index contributed by atoms with van der Waals surface area (Å²) in [5, 5.41) is 3.85. The molecule has 1 aromatic heterocycles. The van der Waals surface area contributed by atoms with E-state index in [9.17, 15) is 9.59 Å². The molecule has 0 bridgehead atoms. The number of H-pyrrole nitrogens is 1. The summed E-state index contributed by atoms with van der Waals surface area (Å²) in [6.45, 7) is 0. The Hall–Kier alpha value is -2.54. The number of Topliss-reactive ketones (excluding diaryl/α,β-unsaturated/α-hetero) is 1. The highest BCUT2D eigenvalue weighted by Gasteiger charge is 2.37. The van der Waals surface area contributed by atoms with Crippen LogP contribution in [0.4, 0.5) is 11.5 Å². The number of rotatable bonds is 3. The number of hydrogen-bond donors (Lipinski definition) is 2. The van der Waals surface area contributed by atoms with Crippen molar-refractivity contribution >= 4 is 29.1 Å².